The van der Waals surface area contributed by atoms with Gasteiger partial charge in [0, 0.05) is 18.8 Å². The lowest BCUT2D eigenvalue weighted by molar-refractivity contribution is 0.0215. The molecule has 138 valence electrons. The first-order chi connectivity index (χ1) is 11.1. The molecule has 0 amide bonds. The molecule has 1 spiro atoms. The summed E-state index contributed by atoms with van der Waals surface area (Å²) in [5, 5.41) is 16.7. The van der Waals surface area contributed by atoms with Gasteiger partial charge in [0.2, 0.25) is 0 Å². The molecule has 3 heterocycles. The first kappa shape index (κ1) is 20.1. The van der Waals surface area contributed by atoms with Crippen LogP contribution in [0, 0.1) is 18.3 Å². The predicted octanol–water partition coefficient (Wildman–Crippen LogP) is 3.35. The average molecular weight is 384 g/mol. The van der Waals surface area contributed by atoms with Crippen LogP contribution in [-0.2, 0) is 13.5 Å². The summed E-state index contributed by atoms with van der Waals surface area (Å²) < 4.78 is 1.83. The fourth-order valence-corrected chi connectivity index (χ4v) is 4.43. The molecule has 0 bridgehead atoms. The third-order valence-electron chi connectivity index (χ3n) is 5.61. The van der Waals surface area contributed by atoms with Gasteiger partial charge in [-0.1, -0.05) is 0 Å². The quantitative estimate of drug-likeness (QED) is 0.882. The Morgan fingerprint density at radius 3 is 2.44 bits per heavy atom. The molecule has 2 aliphatic rings. The van der Waals surface area contributed by atoms with Gasteiger partial charge >= 0.3 is 0 Å². The number of hydrogen-bond donors (Lipinski definition) is 1. The van der Waals surface area contributed by atoms with Crippen LogP contribution in [0.2, 0.25) is 0 Å². The van der Waals surface area contributed by atoms with Crippen LogP contribution in [0.3, 0.4) is 0 Å². The van der Waals surface area contributed by atoms with Crippen molar-refractivity contribution in [2.24, 2.45) is 18.4 Å². The number of halogens is 2. The van der Waals surface area contributed by atoms with E-state index in [2.05, 4.69) is 32.7 Å². The molecule has 25 heavy (non-hydrogen) atoms. The van der Waals surface area contributed by atoms with Crippen molar-refractivity contribution in [2.75, 3.05) is 13.1 Å². The largest absolute Gasteiger partial charge is 0.317 e. The number of aromatic nitrogens is 4. The molecule has 1 N–H and O–H groups in total. The van der Waals surface area contributed by atoms with Gasteiger partial charge in [-0.05, 0) is 75.6 Å². The molecule has 0 atom stereocenters. The molecule has 0 aromatic carbocycles. The molecule has 2 fully saturated rings. The van der Waals surface area contributed by atoms with Gasteiger partial charge in [0.1, 0.15) is 0 Å². The van der Waals surface area contributed by atoms with Gasteiger partial charge in [0.05, 0.1) is 17.1 Å². The Hall–Kier alpha value is -1.17. The fraction of sp³-hybridized carbons (Fsp3) is 0.611. The Morgan fingerprint density at radius 1 is 1.16 bits per heavy atom. The number of aryl methyl sites for hydroxylation is 2. The lowest BCUT2D eigenvalue weighted by Gasteiger charge is -2.50. The Bertz CT molecular complexity index is 684. The highest BCUT2D eigenvalue weighted by Gasteiger charge is 2.44. The van der Waals surface area contributed by atoms with Crippen LogP contribution in [-0.4, -0.2) is 33.1 Å². The topological polar surface area (TPSA) is 55.6 Å². The minimum Gasteiger partial charge on any atom is -0.317 e. The minimum absolute atomic E-state index is 0. The number of nitrogens with zero attached hydrogens (tertiary/aromatic N) is 4. The second kappa shape index (κ2) is 8.02. The molecule has 1 aliphatic carbocycles. The van der Waals surface area contributed by atoms with Crippen LogP contribution >= 0.6 is 24.8 Å². The van der Waals surface area contributed by atoms with Gasteiger partial charge in [-0.25, -0.2) is 0 Å². The molecule has 2 aromatic heterocycles. The molecule has 1 saturated carbocycles. The first-order valence-electron chi connectivity index (χ1n) is 8.68. The number of nitrogens with one attached hydrogen (secondary N) is 1. The number of hydrogen-bond acceptors (Lipinski definition) is 4. The van der Waals surface area contributed by atoms with E-state index in [4.69, 9.17) is 0 Å². The van der Waals surface area contributed by atoms with Crippen molar-refractivity contribution in [3.8, 4) is 11.3 Å². The highest BCUT2D eigenvalue weighted by Crippen LogP contribution is 2.52. The summed E-state index contributed by atoms with van der Waals surface area (Å²) in [5.74, 6) is 0.799. The molecule has 2 aromatic rings. The molecular formula is C18H27Cl2N5. The smallest absolute Gasteiger partial charge is 0.0964 e. The van der Waals surface area contributed by atoms with Crippen molar-refractivity contribution in [2.45, 2.75) is 39.0 Å². The zero-order valence-corrected chi connectivity index (χ0v) is 16.5. The van der Waals surface area contributed by atoms with Gasteiger partial charge in [0.25, 0.3) is 0 Å². The summed E-state index contributed by atoms with van der Waals surface area (Å²) in [6.07, 6.45) is 8.54. The molecular weight excluding hydrogens is 357 g/mol. The summed E-state index contributed by atoms with van der Waals surface area (Å²) in [6.45, 7) is 4.41. The molecule has 1 aliphatic heterocycles. The van der Waals surface area contributed by atoms with E-state index >= 15 is 0 Å². The van der Waals surface area contributed by atoms with E-state index in [0.29, 0.717) is 5.41 Å². The first-order valence-corrected chi connectivity index (χ1v) is 8.68. The molecule has 0 unspecified atom stereocenters. The second-order valence-electron chi connectivity index (χ2n) is 7.44. The summed E-state index contributed by atoms with van der Waals surface area (Å²) in [7, 11) is 1.94. The maximum atomic E-state index is 4.46. The van der Waals surface area contributed by atoms with Crippen molar-refractivity contribution in [1.29, 1.82) is 0 Å². The number of piperidine rings is 1. The van der Waals surface area contributed by atoms with Gasteiger partial charge < -0.3 is 5.32 Å². The Kier molecular flexibility index (Phi) is 6.46. The molecule has 1 saturated heterocycles. The van der Waals surface area contributed by atoms with Crippen molar-refractivity contribution in [3.63, 3.8) is 0 Å². The van der Waals surface area contributed by atoms with Gasteiger partial charge in [-0.15, -0.1) is 24.8 Å². The van der Waals surface area contributed by atoms with E-state index in [1.165, 1.54) is 38.8 Å². The highest BCUT2D eigenvalue weighted by molar-refractivity contribution is 5.85. The highest BCUT2D eigenvalue weighted by atomic mass is 35.5. The van der Waals surface area contributed by atoms with Crippen LogP contribution in [0.5, 0.6) is 0 Å². The minimum atomic E-state index is 0. The van der Waals surface area contributed by atoms with Crippen molar-refractivity contribution < 1.29 is 0 Å². The standard InChI is InChI=1S/C18H25N5.2ClH/c1-13-16(12-23(2)22-13)17-4-3-15(20-21-17)9-14-10-18(11-14)5-7-19-8-6-18;;/h3-4,12,14,19H,5-11H2,1-2H3;2*1H. The van der Waals surface area contributed by atoms with Crippen LogP contribution in [0.1, 0.15) is 37.1 Å². The van der Waals surface area contributed by atoms with E-state index in [9.17, 15) is 0 Å². The normalized spacial score (nSPS) is 19.0. The zero-order valence-electron chi connectivity index (χ0n) is 14.9. The zero-order chi connectivity index (χ0) is 15.9. The van der Waals surface area contributed by atoms with Gasteiger partial charge in [-0.2, -0.15) is 15.3 Å². The van der Waals surface area contributed by atoms with Crippen molar-refractivity contribution >= 4 is 24.8 Å². The average Bonchev–Trinajstić information content (AvgIpc) is 2.86. The second-order valence-corrected chi connectivity index (χ2v) is 7.44. The van der Waals surface area contributed by atoms with E-state index < -0.39 is 0 Å². The maximum Gasteiger partial charge on any atom is 0.0964 e. The lowest BCUT2D eigenvalue weighted by atomic mass is 9.57. The van der Waals surface area contributed by atoms with Crippen LogP contribution in [0.15, 0.2) is 18.3 Å². The fourth-order valence-electron chi connectivity index (χ4n) is 4.43. The van der Waals surface area contributed by atoms with E-state index in [1.54, 1.807) is 0 Å². The van der Waals surface area contributed by atoms with Crippen LogP contribution in [0.25, 0.3) is 11.3 Å². The van der Waals surface area contributed by atoms with Crippen LogP contribution < -0.4 is 5.32 Å². The van der Waals surface area contributed by atoms with Gasteiger partial charge in [-0.3, -0.25) is 4.68 Å². The van der Waals surface area contributed by atoms with E-state index in [0.717, 1.165) is 35.0 Å². The lowest BCUT2D eigenvalue weighted by Crippen LogP contribution is -2.46. The van der Waals surface area contributed by atoms with Crippen molar-refractivity contribution in [3.05, 3.63) is 29.7 Å². The van der Waals surface area contributed by atoms with E-state index in [-0.39, 0.29) is 24.8 Å². The predicted molar refractivity (Wildman–Crippen MR) is 104 cm³/mol. The maximum absolute atomic E-state index is 4.46. The monoisotopic (exact) mass is 383 g/mol. The molecule has 4 rings (SSSR count). The summed E-state index contributed by atoms with van der Waals surface area (Å²) >= 11 is 0. The van der Waals surface area contributed by atoms with E-state index in [1.807, 2.05) is 24.9 Å². The SMILES string of the molecule is Cc1nn(C)cc1-c1ccc(CC2CC3(CCNCC3)C2)nn1.Cl.Cl. The van der Waals surface area contributed by atoms with Gasteiger partial charge in [0.15, 0.2) is 0 Å². The molecule has 0 radical (unpaired) electrons. The van der Waals surface area contributed by atoms with Crippen molar-refractivity contribution in [1.82, 2.24) is 25.3 Å². The number of rotatable bonds is 3. The summed E-state index contributed by atoms with van der Waals surface area (Å²) in [4.78, 5) is 0. The molecule has 7 heteroatoms. The Morgan fingerprint density at radius 2 is 1.88 bits per heavy atom. The summed E-state index contributed by atoms with van der Waals surface area (Å²) in [6, 6.07) is 4.23. The third-order valence-corrected chi connectivity index (χ3v) is 5.61. The third kappa shape index (κ3) is 4.15. The Labute approximate surface area is 161 Å². The Balaban J connectivity index is 0.00000113. The summed E-state index contributed by atoms with van der Waals surface area (Å²) in [5.41, 5.74) is 4.77. The molecule has 5 nitrogen and oxygen atoms in total. The van der Waals surface area contributed by atoms with Crippen LogP contribution in [0.4, 0.5) is 0 Å².